The first-order valence-electron chi connectivity index (χ1n) is 2.71. The molecule has 0 spiro atoms. The Balaban J connectivity index is 2.92. The van der Waals surface area contributed by atoms with Crippen LogP contribution in [0.2, 0.25) is 0 Å². The zero-order valence-corrected chi connectivity index (χ0v) is 6.00. The van der Waals surface area contributed by atoms with Crippen LogP contribution in [-0.4, -0.2) is 9.96 Å². The highest BCUT2D eigenvalue weighted by Gasteiger charge is 1.94. The molecular formula is C5H9N2P. The van der Waals surface area contributed by atoms with Crippen molar-refractivity contribution in [1.29, 1.82) is 0 Å². The monoisotopic (exact) mass is 128 g/mol. The van der Waals surface area contributed by atoms with Crippen LogP contribution < -0.4 is 0 Å². The van der Waals surface area contributed by atoms with Crippen molar-refractivity contribution in [2.75, 3.05) is 0 Å². The van der Waals surface area contributed by atoms with Gasteiger partial charge >= 0.3 is 0 Å². The van der Waals surface area contributed by atoms with Crippen LogP contribution in [0.15, 0.2) is 0 Å². The van der Waals surface area contributed by atoms with E-state index in [2.05, 4.69) is 16.9 Å². The van der Waals surface area contributed by atoms with Gasteiger partial charge in [0.1, 0.15) is 0 Å². The molecule has 1 N–H and O–H groups in total. The minimum Gasteiger partial charge on any atom is -0.260 e. The molecule has 3 heteroatoms. The fraction of sp³-hybridized carbons (Fsp3) is 0.600. The molecule has 2 nitrogen and oxygen atoms in total. The van der Waals surface area contributed by atoms with Gasteiger partial charge in [0.2, 0.25) is 0 Å². The van der Waals surface area contributed by atoms with Gasteiger partial charge in [-0.1, -0.05) is 6.92 Å². The Bertz CT molecular complexity index is 171. The molecule has 0 aliphatic carbocycles. The van der Waals surface area contributed by atoms with E-state index in [-0.39, 0.29) is 0 Å². The van der Waals surface area contributed by atoms with E-state index in [9.17, 15) is 0 Å². The molecule has 0 saturated heterocycles. The van der Waals surface area contributed by atoms with Crippen molar-refractivity contribution in [3.8, 4) is 0 Å². The van der Waals surface area contributed by atoms with E-state index in [4.69, 9.17) is 0 Å². The van der Waals surface area contributed by atoms with Crippen LogP contribution in [-0.2, 0) is 6.42 Å². The summed E-state index contributed by atoms with van der Waals surface area (Å²) in [6, 6.07) is 0. The lowest BCUT2D eigenvalue weighted by Crippen LogP contribution is -1.76. The molecule has 0 saturated carbocycles. The van der Waals surface area contributed by atoms with Crippen LogP contribution in [0.1, 0.15) is 17.9 Å². The molecule has 0 aliphatic rings. The summed E-state index contributed by atoms with van der Waals surface area (Å²) in [5, 5.41) is 5.41. The first-order valence-corrected chi connectivity index (χ1v) is 3.60. The average Bonchev–Trinajstić information content (AvgIpc) is 2.14. The van der Waals surface area contributed by atoms with Crippen molar-refractivity contribution >= 4 is 8.35 Å². The molecule has 0 bridgehead atoms. The van der Waals surface area contributed by atoms with Gasteiger partial charge in [0, 0.05) is 13.6 Å². The summed E-state index contributed by atoms with van der Waals surface area (Å²) < 4.78 is 0. The van der Waals surface area contributed by atoms with E-state index in [1.807, 2.05) is 6.92 Å². The first-order chi connectivity index (χ1) is 3.84. The topological polar surface area (TPSA) is 28.7 Å². The Morgan fingerprint density at radius 2 is 2.50 bits per heavy atom. The molecule has 0 unspecified atom stereocenters. The van der Waals surface area contributed by atoms with E-state index in [1.165, 1.54) is 13.6 Å². The Labute approximate surface area is 50.5 Å². The zero-order valence-electron chi connectivity index (χ0n) is 5.10. The van der Waals surface area contributed by atoms with E-state index in [1.54, 1.807) is 0 Å². The highest BCUT2D eigenvalue weighted by atomic mass is 31.0. The summed E-state index contributed by atoms with van der Waals surface area (Å²) in [6.45, 7) is 4.18. The quantitative estimate of drug-likeness (QED) is 0.614. The van der Waals surface area contributed by atoms with E-state index in [0.29, 0.717) is 0 Å². The van der Waals surface area contributed by atoms with Crippen molar-refractivity contribution in [1.82, 2.24) is 9.96 Å². The molecule has 1 heterocycles. The van der Waals surface area contributed by atoms with E-state index in [0.717, 1.165) is 12.1 Å². The molecule has 0 amide bonds. The van der Waals surface area contributed by atoms with Crippen molar-refractivity contribution < 1.29 is 0 Å². The number of aryl methyl sites for hydroxylation is 2. The van der Waals surface area contributed by atoms with Gasteiger partial charge in [0.05, 0.1) is 5.69 Å². The molecule has 0 aliphatic heterocycles. The molecule has 0 radical (unpaired) electrons. The number of rotatable bonds is 1. The highest BCUT2D eigenvalue weighted by molar-refractivity contribution is 7.26. The molecule has 0 aromatic carbocycles. The maximum Gasteiger partial charge on any atom is 0.0671 e. The molecule has 1 aromatic rings. The smallest absolute Gasteiger partial charge is 0.0671 e. The van der Waals surface area contributed by atoms with Crippen LogP contribution in [0.4, 0.5) is 0 Å². The Morgan fingerprint density at radius 1 is 1.75 bits per heavy atom. The third-order valence-corrected chi connectivity index (χ3v) is 2.26. The van der Waals surface area contributed by atoms with Gasteiger partial charge in [-0.2, -0.15) is 5.10 Å². The minimum absolute atomic E-state index is 1.11. The van der Waals surface area contributed by atoms with Crippen LogP contribution in [0.3, 0.4) is 0 Å². The first kappa shape index (κ1) is 5.77. The van der Waals surface area contributed by atoms with Crippen LogP contribution in [0.25, 0.3) is 0 Å². The molecule has 0 atom stereocenters. The molecule has 0 fully saturated rings. The van der Waals surface area contributed by atoms with E-state index < -0.39 is 0 Å². The number of nitrogens with one attached hydrogen (secondary N) is 1. The lowest BCUT2D eigenvalue weighted by molar-refractivity contribution is 1.05. The number of H-pyrrole nitrogens is 1. The average molecular weight is 128 g/mol. The standard InChI is InChI=1S/C5H9N2P/c1-3-5-4(2)6-7-8-5/h3H2,1-2H3,(H,6,7). The van der Waals surface area contributed by atoms with Crippen LogP contribution in [0.5, 0.6) is 0 Å². The Morgan fingerprint density at radius 3 is 2.75 bits per heavy atom. The van der Waals surface area contributed by atoms with Gasteiger partial charge in [0.15, 0.2) is 0 Å². The second-order valence-electron chi connectivity index (χ2n) is 1.71. The number of nitrogens with zero attached hydrogens (tertiary/aromatic N) is 1. The van der Waals surface area contributed by atoms with Crippen LogP contribution >= 0.6 is 8.35 Å². The van der Waals surface area contributed by atoms with Crippen molar-refractivity contribution in [3.63, 3.8) is 0 Å². The fourth-order valence-electron chi connectivity index (χ4n) is 0.641. The van der Waals surface area contributed by atoms with Gasteiger partial charge in [0.25, 0.3) is 0 Å². The normalized spacial score (nSPS) is 10.8. The van der Waals surface area contributed by atoms with Crippen molar-refractivity contribution in [2.24, 2.45) is 0 Å². The van der Waals surface area contributed by atoms with Gasteiger partial charge in [-0.15, -0.1) is 0 Å². The summed E-state index contributed by atoms with van der Waals surface area (Å²) in [4.78, 5) is 2.90. The summed E-state index contributed by atoms with van der Waals surface area (Å²) >= 11 is 0. The predicted molar refractivity (Wildman–Crippen MR) is 35.2 cm³/mol. The van der Waals surface area contributed by atoms with Gasteiger partial charge in [-0.3, -0.25) is 4.86 Å². The lowest BCUT2D eigenvalue weighted by Gasteiger charge is -1.84. The van der Waals surface area contributed by atoms with Crippen LogP contribution in [0, 0.1) is 6.92 Å². The molecule has 1 aromatic heterocycles. The predicted octanol–water partition coefficient (Wildman–Crippen LogP) is 1.86. The second kappa shape index (κ2) is 2.27. The summed E-state index contributed by atoms with van der Waals surface area (Å²) in [7, 11) is 1.18. The molecule has 44 valence electrons. The largest absolute Gasteiger partial charge is 0.260 e. The third kappa shape index (κ3) is 0.896. The fourth-order valence-corrected chi connectivity index (χ4v) is 1.33. The van der Waals surface area contributed by atoms with Crippen molar-refractivity contribution in [2.45, 2.75) is 20.3 Å². The van der Waals surface area contributed by atoms with Crippen molar-refractivity contribution in [3.05, 3.63) is 11.0 Å². The molecular weight excluding hydrogens is 119 g/mol. The number of aromatic nitrogens is 2. The van der Waals surface area contributed by atoms with Gasteiger partial charge in [-0.05, 0) is 13.3 Å². The molecule has 1 rings (SSSR count). The Kier molecular flexibility index (Phi) is 1.64. The van der Waals surface area contributed by atoms with E-state index >= 15 is 0 Å². The Hall–Kier alpha value is -0.360. The summed E-state index contributed by atoms with van der Waals surface area (Å²) in [6.07, 6.45) is 1.11. The third-order valence-electron chi connectivity index (χ3n) is 1.16. The number of aromatic amines is 1. The molecule has 8 heavy (non-hydrogen) atoms. The number of hydrogen-bond acceptors (Lipinski definition) is 1. The highest BCUT2D eigenvalue weighted by Crippen LogP contribution is 2.13. The lowest BCUT2D eigenvalue weighted by atomic mass is 10.3. The summed E-state index contributed by atoms with van der Waals surface area (Å²) in [5.41, 5.74) is 1.16. The summed E-state index contributed by atoms with van der Waals surface area (Å²) in [5.74, 6) is 0. The van der Waals surface area contributed by atoms with Gasteiger partial charge < -0.3 is 0 Å². The minimum atomic E-state index is 1.11. The maximum absolute atomic E-state index is 4.01. The number of hydrogen-bond donors (Lipinski definition) is 1. The second-order valence-corrected chi connectivity index (χ2v) is 2.67. The van der Waals surface area contributed by atoms with Gasteiger partial charge in [-0.25, -0.2) is 0 Å². The maximum atomic E-state index is 4.01. The zero-order chi connectivity index (χ0) is 5.98. The SMILES string of the molecule is CCc1p[nH]nc1C.